The predicted molar refractivity (Wildman–Crippen MR) is 100 cm³/mol. The van der Waals surface area contributed by atoms with E-state index in [2.05, 4.69) is 29.6 Å². The first-order valence-electron chi connectivity index (χ1n) is 8.68. The van der Waals surface area contributed by atoms with Crippen LogP contribution in [0.4, 0.5) is 5.69 Å². The van der Waals surface area contributed by atoms with Crippen molar-refractivity contribution in [1.82, 2.24) is 0 Å². The number of fused-ring (bicyclic) bond motifs is 3. The molecule has 4 rings (SSSR count). The van der Waals surface area contributed by atoms with Crippen molar-refractivity contribution >= 4 is 23.3 Å². The summed E-state index contributed by atoms with van der Waals surface area (Å²) in [5.41, 5.74) is 3.70. The molecule has 0 fully saturated rings. The minimum absolute atomic E-state index is 0.0665. The molecular weight excluding hydrogens is 334 g/mol. The van der Waals surface area contributed by atoms with E-state index in [4.69, 9.17) is 16.3 Å². The second-order valence-corrected chi connectivity index (χ2v) is 6.89. The van der Waals surface area contributed by atoms with Crippen LogP contribution in [0.3, 0.4) is 0 Å². The molecule has 1 heterocycles. The molecule has 0 radical (unpaired) electrons. The molecule has 0 spiro atoms. The van der Waals surface area contributed by atoms with Gasteiger partial charge in [0, 0.05) is 10.9 Å². The third-order valence-corrected chi connectivity index (χ3v) is 5.48. The maximum atomic E-state index is 12.4. The Labute approximate surface area is 152 Å². The maximum absolute atomic E-state index is 12.4. The number of para-hydroxylation sites is 1. The van der Waals surface area contributed by atoms with Gasteiger partial charge in [-0.05, 0) is 42.5 Å². The Morgan fingerprint density at radius 1 is 1.20 bits per heavy atom. The molecule has 3 atom stereocenters. The highest BCUT2D eigenvalue weighted by Gasteiger charge is 2.39. The van der Waals surface area contributed by atoms with E-state index >= 15 is 0 Å². The molecule has 0 aromatic heterocycles. The fraction of sp³-hybridized carbons (Fsp3) is 0.286. The highest BCUT2D eigenvalue weighted by Crippen LogP contribution is 2.51. The molecule has 0 saturated carbocycles. The summed E-state index contributed by atoms with van der Waals surface area (Å²) in [5, 5.41) is 4.36. The lowest BCUT2D eigenvalue weighted by molar-refractivity contribution is 0.0527. The summed E-state index contributed by atoms with van der Waals surface area (Å²) >= 11 is 6.48. The first-order valence-corrected chi connectivity index (χ1v) is 9.06. The average molecular weight is 354 g/mol. The molecule has 2 aliphatic rings. The largest absolute Gasteiger partial charge is 0.462 e. The van der Waals surface area contributed by atoms with Gasteiger partial charge in [-0.15, -0.1) is 0 Å². The van der Waals surface area contributed by atoms with Gasteiger partial charge in [0.2, 0.25) is 0 Å². The molecule has 4 heteroatoms. The molecule has 1 aliphatic heterocycles. The average Bonchev–Trinajstić information content (AvgIpc) is 3.11. The standard InChI is InChI=1S/C21H20ClNO2/c1-2-25-21(24)17-11-6-10-15-13-8-5-9-14(13)19(23-20(15)17)16-7-3-4-12-18(16)22/h3-8,10-14,19,23H,2,9H2,1H3/t13-,14+,19+/m1/s1. The first kappa shape index (κ1) is 16.2. The molecule has 1 aliphatic carbocycles. The normalized spacial score (nSPS) is 23.5. The molecular formula is C21H20ClNO2. The van der Waals surface area contributed by atoms with E-state index in [0.29, 0.717) is 18.1 Å². The Bertz CT molecular complexity index is 846. The van der Waals surface area contributed by atoms with Gasteiger partial charge in [-0.3, -0.25) is 0 Å². The van der Waals surface area contributed by atoms with E-state index in [-0.39, 0.29) is 17.9 Å². The molecule has 3 nitrogen and oxygen atoms in total. The zero-order valence-corrected chi connectivity index (χ0v) is 14.8. The summed E-state index contributed by atoms with van der Waals surface area (Å²) in [4.78, 5) is 12.4. The van der Waals surface area contributed by atoms with Crippen LogP contribution in [0.2, 0.25) is 5.02 Å². The molecule has 0 saturated heterocycles. The van der Waals surface area contributed by atoms with Crippen LogP contribution in [0.5, 0.6) is 0 Å². The topological polar surface area (TPSA) is 38.3 Å². The summed E-state index contributed by atoms with van der Waals surface area (Å²) < 4.78 is 5.25. The van der Waals surface area contributed by atoms with Crippen molar-refractivity contribution in [2.24, 2.45) is 5.92 Å². The number of carbonyl (C=O) groups excluding carboxylic acids is 1. The molecule has 25 heavy (non-hydrogen) atoms. The zero-order valence-electron chi connectivity index (χ0n) is 14.0. The van der Waals surface area contributed by atoms with Crippen LogP contribution in [0.25, 0.3) is 0 Å². The smallest absolute Gasteiger partial charge is 0.340 e. The van der Waals surface area contributed by atoms with Crippen molar-refractivity contribution in [2.75, 3.05) is 11.9 Å². The number of hydrogen-bond acceptors (Lipinski definition) is 3. The van der Waals surface area contributed by atoms with E-state index in [0.717, 1.165) is 28.3 Å². The second-order valence-electron chi connectivity index (χ2n) is 6.49. The number of hydrogen-bond donors (Lipinski definition) is 1. The van der Waals surface area contributed by atoms with Crippen LogP contribution >= 0.6 is 11.6 Å². The Balaban J connectivity index is 1.82. The number of rotatable bonds is 3. The van der Waals surface area contributed by atoms with Gasteiger partial charge in [0.1, 0.15) is 0 Å². The quantitative estimate of drug-likeness (QED) is 0.597. The lowest BCUT2D eigenvalue weighted by Crippen LogP contribution is -2.30. The Morgan fingerprint density at radius 3 is 2.80 bits per heavy atom. The zero-order chi connectivity index (χ0) is 17.4. The Hall–Kier alpha value is -2.26. The molecule has 128 valence electrons. The molecule has 1 N–H and O–H groups in total. The van der Waals surface area contributed by atoms with Gasteiger partial charge in [-0.2, -0.15) is 0 Å². The van der Waals surface area contributed by atoms with Crippen molar-refractivity contribution in [3.63, 3.8) is 0 Å². The minimum Gasteiger partial charge on any atom is -0.462 e. The van der Waals surface area contributed by atoms with Crippen LogP contribution in [-0.4, -0.2) is 12.6 Å². The molecule has 0 unspecified atom stereocenters. The van der Waals surface area contributed by atoms with Gasteiger partial charge in [0.25, 0.3) is 0 Å². The van der Waals surface area contributed by atoms with Crippen molar-refractivity contribution in [1.29, 1.82) is 0 Å². The molecule has 2 aromatic rings. The first-order chi connectivity index (χ1) is 12.2. The van der Waals surface area contributed by atoms with Gasteiger partial charge in [-0.25, -0.2) is 4.79 Å². The number of halogens is 1. The van der Waals surface area contributed by atoms with E-state index in [1.54, 1.807) is 0 Å². The molecule has 0 bridgehead atoms. The number of ether oxygens (including phenoxy) is 1. The maximum Gasteiger partial charge on any atom is 0.340 e. The van der Waals surface area contributed by atoms with Gasteiger partial charge in [0.15, 0.2) is 0 Å². The fourth-order valence-electron chi connectivity index (χ4n) is 4.04. The van der Waals surface area contributed by atoms with Gasteiger partial charge >= 0.3 is 5.97 Å². The van der Waals surface area contributed by atoms with Crippen LogP contribution in [0.1, 0.15) is 46.8 Å². The Kier molecular flexibility index (Phi) is 4.26. The van der Waals surface area contributed by atoms with E-state index < -0.39 is 0 Å². The number of carbonyl (C=O) groups is 1. The number of benzene rings is 2. The lowest BCUT2D eigenvalue weighted by Gasteiger charge is -2.38. The summed E-state index contributed by atoms with van der Waals surface area (Å²) in [6.45, 7) is 2.19. The van der Waals surface area contributed by atoms with Crippen LogP contribution in [0.15, 0.2) is 54.6 Å². The van der Waals surface area contributed by atoms with E-state index in [1.807, 2.05) is 37.3 Å². The van der Waals surface area contributed by atoms with Gasteiger partial charge in [0.05, 0.1) is 23.9 Å². The number of esters is 1. The van der Waals surface area contributed by atoms with Crippen molar-refractivity contribution < 1.29 is 9.53 Å². The summed E-state index contributed by atoms with van der Waals surface area (Å²) in [7, 11) is 0. The Morgan fingerprint density at radius 2 is 2.00 bits per heavy atom. The molecule has 0 amide bonds. The lowest BCUT2D eigenvalue weighted by atomic mass is 9.76. The number of anilines is 1. The minimum atomic E-state index is -0.287. The summed E-state index contributed by atoms with van der Waals surface area (Å²) in [5.74, 6) is 0.391. The van der Waals surface area contributed by atoms with Crippen molar-refractivity contribution in [3.8, 4) is 0 Å². The van der Waals surface area contributed by atoms with Gasteiger partial charge in [-0.1, -0.05) is 54.1 Å². The van der Waals surface area contributed by atoms with Crippen LogP contribution in [-0.2, 0) is 4.74 Å². The van der Waals surface area contributed by atoms with E-state index in [9.17, 15) is 4.79 Å². The predicted octanol–water partition coefficient (Wildman–Crippen LogP) is 5.34. The highest BCUT2D eigenvalue weighted by molar-refractivity contribution is 6.31. The second kappa shape index (κ2) is 6.57. The van der Waals surface area contributed by atoms with Crippen LogP contribution in [0, 0.1) is 5.92 Å². The number of nitrogens with one attached hydrogen (secondary N) is 1. The van der Waals surface area contributed by atoms with Crippen LogP contribution < -0.4 is 5.32 Å². The fourth-order valence-corrected chi connectivity index (χ4v) is 4.29. The molecule has 2 aromatic carbocycles. The SMILES string of the molecule is CCOC(=O)c1cccc2c1N[C@H](c1ccccc1Cl)[C@H]1CC=C[C@@H]21. The highest BCUT2D eigenvalue weighted by atomic mass is 35.5. The monoisotopic (exact) mass is 353 g/mol. The van der Waals surface area contributed by atoms with E-state index in [1.165, 1.54) is 0 Å². The third kappa shape index (κ3) is 2.73. The van der Waals surface area contributed by atoms with Crippen molar-refractivity contribution in [2.45, 2.75) is 25.3 Å². The summed E-state index contributed by atoms with van der Waals surface area (Å²) in [6, 6.07) is 13.9. The van der Waals surface area contributed by atoms with Gasteiger partial charge < -0.3 is 10.1 Å². The van der Waals surface area contributed by atoms with Crippen molar-refractivity contribution in [3.05, 3.63) is 76.3 Å². The third-order valence-electron chi connectivity index (χ3n) is 5.13. The number of allylic oxidation sites excluding steroid dienone is 2. The summed E-state index contributed by atoms with van der Waals surface area (Å²) in [6.07, 6.45) is 5.48.